The van der Waals surface area contributed by atoms with Gasteiger partial charge in [-0.25, -0.2) is 26.4 Å². The molecule has 0 unspecified atom stereocenters. The van der Waals surface area contributed by atoms with E-state index < -0.39 is 44.1 Å². The molecule has 0 spiro atoms. The first-order valence-corrected chi connectivity index (χ1v) is 15.6. The zero-order valence-electron chi connectivity index (χ0n) is 22.9. The fourth-order valence-corrected chi connectivity index (χ4v) is 7.38. The van der Waals surface area contributed by atoms with Crippen LogP contribution in [0.2, 0.25) is 0 Å². The molecule has 0 radical (unpaired) electrons. The van der Waals surface area contributed by atoms with E-state index in [1.165, 1.54) is 38.3 Å². The summed E-state index contributed by atoms with van der Waals surface area (Å²) in [5.74, 6) is -3.96. The van der Waals surface area contributed by atoms with Crippen molar-refractivity contribution in [2.45, 2.75) is 82.1 Å². The van der Waals surface area contributed by atoms with E-state index in [2.05, 4.69) is 14.6 Å². The zero-order valence-corrected chi connectivity index (χ0v) is 24.5. The number of nitrogens with zero attached hydrogens (tertiary/aromatic N) is 3. The van der Waals surface area contributed by atoms with Crippen LogP contribution in [0, 0.1) is 17.5 Å². The molecule has 2 saturated heterocycles. The van der Waals surface area contributed by atoms with Crippen LogP contribution in [0.25, 0.3) is 0 Å². The number of ether oxygens (including phenoxy) is 1. The molecule has 41 heavy (non-hydrogen) atoms. The van der Waals surface area contributed by atoms with Crippen molar-refractivity contribution >= 4 is 39.2 Å². The van der Waals surface area contributed by atoms with Crippen molar-refractivity contribution in [3.05, 3.63) is 70.4 Å². The van der Waals surface area contributed by atoms with Gasteiger partial charge >= 0.3 is 6.09 Å². The summed E-state index contributed by atoms with van der Waals surface area (Å²) in [6.45, 7) is 5.03. The first-order valence-electron chi connectivity index (χ1n) is 13.3. The lowest BCUT2D eigenvalue weighted by Crippen LogP contribution is -2.41. The Morgan fingerprint density at radius 1 is 1.07 bits per heavy atom. The van der Waals surface area contributed by atoms with Crippen LogP contribution in [0.5, 0.6) is 0 Å². The van der Waals surface area contributed by atoms with E-state index >= 15 is 8.78 Å². The van der Waals surface area contributed by atoms with Crippen molar-refractivity contribution in [1.29, 1.82) is 0 Å². The molecular weight excluding hydrogens is 577 g/mol. The number of sulfonamides is 1. The van der Waals surface area contributed by atoms with E-state index in [4.69, 9.17) is 4.74 Å². The molecule has 13 heteroatoms. The van der Waals surface area contributed by atoms with Crippen LogP contribution < -0.4 is 9.62 Å². The highest BCUT2D eigenvalue weighted by Crippen LogP contribution is 2.39. The Morgan fingerprint density at radius 3 is 2.37 bits per heavy atom. The molecule has 3 heterocycles. The van der Waals surface area contributed by atoms with Gasteiger partial charge in [-0.05, 0) is 87.8 Å². The van der Waals surface area contributed by atoms with Gasteiger partial charge in [0, 0.05) is 36.1 Å². The van der Waals surface area contributed by atoms with Crippen LogP contribution in [-0.4, -0.2) is 41.5 Å². The predicted octanol–water partition coefficient (Wildman–Crippen LogP) is 6.43. The molecule has 0 aliphatic carbocycles. The van der Waals surface area contributed by atoms with E-state index in [0.717, 1.165) is 54.9 Å². The van der Waals surface area contributed by atoms with Gasteiger partial charge in [0.05, 0.1) is 5.69 Å². The van der Waals surface area contributed by atoms with Crippen molar-refractivity contribution in [1.82, 2.24) is 9.27 Å². The maximum atomic E-state index is 15.3. The van der Waals surface area contributed by atoms with Crippen LogP contribution in [-0.2, 0) is 27.8 Å². The minimum absolute atomic E-state index is 0.142. The van der Waals surface area contributed by atoms with Gasteiger partial charge in [-0.1, -0.05) is 12.1 Å². The second-order valence-electron chi connectivity index (χ2n) is 11.2. The Bertz CT molecular complexity index is 1520. The normalized spacial score (nSPS) is 19.0. The van der Waals surface area contributed by atoms with Crippen molar-refractivity contribution in [3.8, 4) is 0 Å². The summed E-state index contributed by atoms with van der Waals surface area (Å²) >= 11 is 0.869. The summed E-state index contributed by atoms with van der Waals surface area (Å²) in [4.78, 5) is 14.2. The molecule has 1 amide bonds. The molecule has 0 atom stereocenters. The van der Waals surface area contributed by atoms with Gasteiger partial charge in [0.1, 0.15) is 16.3 Å². The minimum atomic E-state index is -4.97. The van der Waals surface area contributed by atoms with Crippen LogP contribution >= 0.6 is 11.5 Å². The molecule has 2 fully saturated rings. The van der Waals surface area contributed by atoms with Crippen molar-refractivity contribution in [3.63, 3.8) is 0 Å². The van der Waals surface area contributed by atoms with Gasteiger partial charge < -0.3 is 10.1 Å². The van der Waals surface area contributed by atoms with Crippen molar-refractivity contribution in [2.24, 2.45) is 0 Å². The summed E-state index contributed by atoms with van der Waals surface area (Å²) in [7, 11) is -4.97. The van der Waals surface area contributed by atoms with E-state index in [1.54, 1.807) is 6.07 Å². The molecule has 2 bridgehead atoms. The molecule has 5 rings (SSSR count). The summed E-state index contributed by atoms with van der Waals surface area (Å²) in [5.41, 5.74) is -0.338. The molecule has 2 aliphatic heterocycles. The number of carbonyl (C=O) groups excluding carboxylic acids is 1. The largest absolute Gasteiger partial charge is 0.443 e. The predicted molar refractivity (Wildman–Crippen MR) is 150 cm³/mol. The second-order valence-corrected chi connectivity index (χ2v) is 13.6. The number of hydrogen-bond donors (Lipinski definition) is 1. The number of benzene rings is 2. The van der Waals surface area contributed by atoms with E-state index in [9.17, 15) is 17.6 Å². The quantitative estimate of drug-likeness (QED) is 0.315. The van der Waals surface area contributed by atoms with Gasteiger partial charge in [0.15, 0.2) is 17.5 Å². The number of anilines is 2. The highest BCUT2D eigenvalue weighted by Gasteiger charge is 2.40. The van der Waals surface area contributed by atoms with Crippen LogP contribution in [0.3, 0.4) is 0 Å². The lowest BCUT2D eigenvalue weighted by atomic mass is 10.0. The smallest absolute Gasteiger partial charge is 0.430 e. The Balaban J connectivity index is 1.40. The molecule has 0 saturated carbocycles. The van der Waals surface area contributed by atoms with Gasteiger partial charge in [-0.2, -0.15) is 4.37 Å². The molecule has 2 aromatic carbocycles. The van der Waals surface area contributed by atoms with Crippen molar-refractivity contribution in [2.75, 3.05) is 9.62 Å². The monoisotopic (exact) mass is 608 g/mol. The molecule has 1 aromatic heterocycles. The molecular formula is C28H31F3N4O4S2. The maximum absolute atomic E-state index is 15.3. The number of carbonyl (C=O) groups is 1. The number of hydrogen-bond acceptors (Lipinski definition) is 8. The highest BCUT2D eigenvalue weighted by molar-refractivity contribution is 7.93. The van der Waals surface area contributed by atoms with Gasteiger partial charge in [0.25, 0.3) is 10.0 Å². The zero-order chi connectivity index (χ0) is 29.5. The van der Waals surface area contributed by atoms with E-state index in [1.807, 2.05) is 6.07 Å². The Labute approximate surface area is 241 Å². The van der Waals surface area contributed by atoms with Crippen LogP contribution in [0.15, 0.2) is 46.7 Å². The fourth-order valence-electron chi connectivity index (χ4n) is 5.50. The molecule has 2 aliphatic rings. The highest BCUT2D eigenvalue weighted by atomic mass is 32.2. The van der Waals surface area contributed by atoms with Crippen LogP contribution in [0.4, 0.5) is 29.5 Å². The lowest BCUT2D eigenvalue weighted by molar-refractivity contribution is 0.0608. The molecule has 8 nitrogen and oxygen atoms in total. The topological polar surface area (TPSA) is 91.8 Å². The third-order valence-corrected chi connectivity index (χ3v) is 9.62. The third-order valence-electron chi connectivity index (χ3n) is 7.39. The summed E-state index contributed by atoms with van der Waals surface area (Å²) in [6, 6.07) is 8.87. The van der Waals surface area contributed by atoms with E-state index in [0.29, 0.717) is 24.2 Å². The van der Waals surface area contributed by atoms with E-state index in [-0.39, 0.29) is 22.4 Å². The van der Waals surface area contributed by atoms with Crippen LogP contribution in [0.1, 0.15) is 57.6 Å². The number of halogens is 3. The molecule has 220 valence electrons. The standard InChI is InChI=1S/C28H31F3N4O4S2/c1-28(2,3)39-27(36)35(24-13-14-40-33-24)41(37,38)23-12-11-22(25(30)26(23)31)32-15-20-17(5-4-6-21(20)29)16-34-18-7-8-19(34)10-9-18/h4-6,11-14,18-19,32H,7-10,15-16H2,1-3H3. The Kier molecular flexibility index (Phi) is 8.05. The SMILES string of the molecule is CC(C)(C)OC(=O)N(c1ccsn1)S(=O)(=O)c1ccc(NCc2c(F)cccc2CN2C3CCC2CC3)c(F)c1F. The number of fused-ring (bicyclic) bond motifs is 2. The maximum Gasteiger partial charge on any atom is 0.430 e. The number of amides is 1. The summed E-state index contributed by atoms with van der Waals surface area (Å²) < 4.78 is 81.7. The minimum Gasteiger partial charge on any atom is -0.443 e. The first kappa shape index (κ1) is 29.3. The van der Waals surface area contributed by atoms with Gasteiger partial charge in [-0.3, -0.25) is 4.90 Å². The molecule has 1 N–H and O–H groups in total. The number of nitrogens with one attached hydrogen (secondary N) is 1. The number of rotatable bonds is 8. The lowest BCUT2D eigenvalue weighted by Gasteiger charge is -2.26. The summed E-state index contributed by atoms with van der Waals surface area (Å²) in [6.07, 6.45) is 3.19. The molecule has 3 aromatic rings. The van der Waals surface area contributed by atoms with Crippen molar-refractivity contribution < 1.29 is 31.1 Å². The second kappa shape index (κ2) is 11.3. The average molecular weight is 609 g/mol. The Hall–Kier alpha value is -3.16. The third kappa shape index (κ3) is 5.93. The average Bonchev–Trinajstić information content (AvgIpc) is 3.63. The Morgan fingerprint density at radius 2 is 1.76 bits per heavy atom. The van der Waals surface area contributed by atoms with Gasteiger partial charge in [0.2, 0.25) is 0 Å². The first-order chi connectivity index (χ1) is 19.4. The van der Waals surface area contributed by atoms with Gasteiger partial charge in [-0.15, -0.1) is 4.31 Å². The fraction of sp³-hybridized carbons (Fsp3) is 0.429. The number of aromatic nitrogens is 1. The summed E-state index contributed by atoms with van der Waals surface area (Å²) in [5, 5.41) is 4.15.